The van der Waals surface area contributed by atoms with Crippen LogP contribution in [0.25, 0.3) is 4.96 Å². The van der Waals surface area contributed by atoms with E-state index in [9.17, 15) is 13.2 Å². The predicted molar refractivity (Wildman–Crippen MR) is 84.0 cm³/mol. The Hall–Kier alpha value is -2.17. The van der Waals surface area contributed by atoms with Gasteiger partial charge in [-0.1, -0.05) is 23.5 Å². The molecule has 3 rings (SSSR count). The molecule has 3 aromatic rings. The third-order valence-corrected chi connectivity index (χ3v) is 5.54. The lowest BCUT2D eigenvalue weighted by atomic mass is 10.2. The zero-order valence-corrected chi connectivity index (χ0v) is 13.8. The van der Waals surface area contributed by atoms with Crippen LogP contribution in [-0.4, -0.2) is 40.6 Å². The van der Waals surface area contributed by atoms with Crippen molar-refractivity contribution in [3.8, 4) is 0 Å². The van der Waals surface area contributed by atoms with Crippen molar-refractivity contribution in [2.75, 3.05) is 6.54 Å². The Balaban J connectivity index is 1.67. The molecule has 0 amide bonds. The van der Waals surface area contributed by atoms with Crippen LogP contribution in [0.1, 0.15) is 22.3 Å². The predicted octanol–water partition coefficient (Wildman–Crippen LogP) is 0.909. The molecule has 0 unspecified atom stereocenters. The second kappa shape index (κ2) is 6.14. The highest BCUT2D eigenvalue weighted by Gasteiger charge is 2.15. The van der Waals surface area contributed by atoms with Crippen molar-refractivity contribution in [1.29, 1.82) is 0 Å². The summed E-state index contributed by atoms with van der Waals surface area (Å²) in [5.41, 5.74) is 0.363. The summed E-state index contributed by atoms with van der Waals surface area (Å²) in [6, 6.07) is 5.96. The molecule has 0 aliphatic rings. The van der Waals surface area contributed by atoms with Gasteiger partial charge in [0.25, 0.3) is 0 Å². The average Bonchev–Trinajstić information content (AvgIpc) is 3.08. The second-order valence-electron chi connectivity index (χ2n) is 4.79. The van der Waals surface area contributed by atoms with Gasteiger partial charge in [0.15, 0.2) is 5.78 Å². The van der Waals surface area contributed by atoms with Gasteiger partial charge in [-0.3, -0.25) is 4.79 Å². The monoisotopic (exact) mass is 351 g/mol. The number of ketones is 1. The summed E-state index contributed by atoms with van der Waals surface area (Å²) in [7, 11) is -3.66. The fourth-order valence-corrected chi connectivity index (χ4v) is 3.85. The van der Waals surface area contributed by atoms with E-state index in [0.717, 1.165) is 5.01 Å². The summed E-state index contributed by atoms with van der Waals surface area (Å²) in [5.74, 6) is -0.179. The topological polar surface area (TPSA) is 106 Å². The van der Waals surface area contributed by atoms with Crippen LogP contribution in [0, 0.1) is 0 Å². The van der Waals surface area contributed by atoms with Gasteiger partial charge < -0.3 is 0 Å². The van der Waals surface area contributed by atoms with E-state index in [1.165, 1.54) is 36.7 Å². The molecule has 0 bridgehead atoms. The molecular formula is C13H13N5O3S2. The van der Waals surface area contributed by atoms with Crippen molar-refractivity contribution in [2.45, 2.75) is 18.2 Å². The fourth-order valence-electron chi connectivity index (χ4n) is 1.96. The van der Waals surface area contributed by atoms with Crippen molar-refractivity contribution < 1.29 is 13.2 Å². The average molecular weight is 351 g/mol. The maximum absolute atomic E-state index is 12.3. The number of rotatable bonds is 6. The second-order valence-corrected chi connectivity index (χ2v) is 7.59. The van der Waals surface area contributed by atoms with Crippen molar-refractivity contribution in [1.82, 2.24) is 24.5 Å². The lowest BCUT2D eigenvalue weighted by Gasteiger charge is -2.06. The molecule has 0 fully saturated rings. The third-order valence-electron chi connectivity index (χ3n) is 3.11. The van der Waals surface area contributed by atoms with Crippen molar-refractivity contribution >= 4 is 32.1 Å². The van der Waals surface area contributed by atoms with Gasteiger partial charge in [0.05, 0.1) is 4.90 Å². The van der Waals surface area contributed by atoms with E-state index >= 15 is 0 Å². The minimum atomic E-state index is -3.66. The Morgan fingerprint density at radius 1 is 1.39 bits per heavy atom. The van der Waals surface area contributed by atoms with Crippen LogP contribution < -0.4 is 4.72 Å². The molecule has 1 N–H and O–H groups in total. The molecule has 0 spiro atoms. The van der Waals surface area contributed by atoms with E-state index in [-0.39, 0.29) is 17.2 Å². The largest absolute Gasteiger partial charge is 0.295 e. The first-order valence-corrected chi connectivity index (χ1v) is 9.02. The minimum Gasteiger partial charge on any atom is -0.295 e. The number of benzene rings is 1. The normalized spacial score (nSPS) is 11.9. The van der Waals surface area contributed by atoms with Gasteiger partial charge in [-0.15, -0.1) is 10.2 Å². The molecule has 0 aliphatic heterocycles. The molecule has 10 heteroatoms. The molecule has 0 radical (unpaired) electrons. The van der Waals surface area contributed by atoms with E-state index in [4.69, 9.17) is 0 Å². The molecule has 2 aromatic heterocycles. The van der Waals surface area contributed by atoms with E-state index < -0.39 is 10.0 Å². The van der Waals surface area contributed by atoms with Gasteiger partial charge in [0, 0.05) is 18.5 Å². The summed E-state index contributed by atoms with van der Waals surface area (Å²) in [4.78, 5) is 12.1. The van der Waals surface area contributed by atoms with E-state index in [1.54, 1.807) is 16.6 Å². The number of nitrogens with one attached hydrogen (secondary N) is 1. The molecule has 0 aliphatic carbocycles. The zero-order chi connectivity index (χ0) is 16.4. The Labute approximate surface area is 136 Å². The lowest BCUT2D eigenvalue weighted by Crippen LogP contribution is -2.26. The quantitative estimate of drug-likeness (QED) is 0.662. The van der Waals surface area contributed by atoms with Crippen LogP contribution in [0.2, 0.25) is 0 Å². The Morgan fingerprint density at radius 3 is 2.96 bits per heavy atom. The zero-order valence-electron chi connectivity index (χ0n) is 12.1. The van der Waals surface area contributed by atoms with Crippen LogP contribution in [0.4, 0.5) is 0 Å². The summed E-state index contributed by atoms with van der Waals surface area (Å²) in [5, 5.41) is 12.6. The fraction of sp³-hybridized carbons (Fsp3) is 0.231. The highest BCUT2D eigenvalue weighted by Crippen LogP contribution is 2.14. The number of hydrogen-bond donors (Lipinski definition) is 1. The lowest BCUT2D eigenvalue weighted by molar-refractivity contribution is 0.101. The van der Waals surface area contributed by atoms with E-state index in [0.29, 0.717) is 16.9 Å². The first-order valence-electron chi connectivity index (χ1n) is 6.72. The van der Waals surface area contributed by atoms with Crippen molar-refractivity contribution in [2.24, 2.45) is 0 Å². The van der Waals surface area contributed by atoms with Crippen LogP contribution in [0.3, 0.4) is 0 Å². The van der Waals surface area contributed by atoms with Crippen molar-refractivity contribution in [3.63, 3.8) is 0 Å². The van der Waals surface area contributed by atoms with Crippen LogP contribution in [0.5, 0.6) is 0 Å². The van der Waals surface area contributed by atoms with Crippen molar-refractivity contribution in [3.05, 3.63) is 41.2 Å². The molecule has 120 valence electrons. The summed E-state index contributed by atoms with van der Waals surface area (Å²) < 4.78 is 28.6. The standard InChI is InChI=1S/C13H13N5O3S2/c1-9(19)10-3-2-4-11(7-10)23(20,21)15-6-5-12-17-18-8-14-16-13(18)22-12/h2-4,7-8,15H,5-6H2,1H3. The molecular weight excluding hydrogens is 338 g/mol. The van der Waals surface area contributed by atoms with Gasteiger partial charge in [0.2, 0.25) is 15.0 Å². The Morgan fingerprint density at radius 2 is 2.22 bits per heavy atom. The maximum atomic E-state index is 12.3. The number of Topliss-reactive ketones (excluding diaryl/α,β-unsaturated/α-hetero) is 1. The highest BCUT2D eigenvalue weighted by molar-refractivity contribution is 7.89. The van der Waals surface area contributed by atoms with E-state index in [1.807, 2.05) is 0 Å². The first kappa shape index (κ1) is 15.7. The van der Waals surface area contributed by atoms with Crippen LogP contribution >= 0.6 is 11.3 Å². The molecule has 0 atom stereocenters. The number of aromatic nitrogens is 4. The molecule has 23 heavy (non-hydrogen) atoms. The Kier molecular flexibility index (Phi) is 4.20. The minimum absolute atomic E-state index is 0.0725. The SMILES string of the molecule is CC(=O)c1cccc(S(=O)(=O)NCCc2nn3cnnc3s2)c1. The number of fused-ring (bicyclic) bond motifs is 1. The summed E-state index contributed by atoms with van der Waals surface area (Å²) in [6.07, 6.45) is 1.94. The van der Waals surface area contributed by atoms with E-state index in [2.05, 4.69) is 20.0 Å². The molecule has 8 nitrogen and oxygen atoms in total. The first-order chi connectivity index (χ1) is 11.0. The number of sulfonamides is 1. The van der Waals surface area contributed by atoms with Crippen LogP contribution in [0.15, 0.2) is 35.5 Å². The van der Waals surface area contributed by atoms with Gasteiger partial charge in [-0.25, -0.2) is 13.1 Å². The number of nitrogens with zero attached hydrogens (tertiary/aromatic N) is 4. The third kappa shape index (κ3) is 3.44. The summed E-state index contributed by atoms with van der Waals surface area (Å²) in [6.45, 7) is 1.60. The van der Waals surface area contributed by atoms with Gasteiger partial charge in [-0.2, -0.15) is 9.61 Å². The molecule has 2 heterocycles. The van der Waals surface area contributed by atoms with Gasteiger partial charge in [-0.05, 0) is 19.1 Å². The molecule has 0 saturated carbocycles. The number of carbonyl (C=O) groups is 1. The Bertz CT molecular complexity index is 932. The summed E-state index contributed by atoms with van der Waals surface area (Å²) >= 11 is 1.36. The van der Waals surface area contributed by atoms with Gasteiger partial charge >= 0.3 is 0 Å². The maximum Gasteiger partial charge on any atom is 0.240 e. The highest BCUT2D eigenvalue weighted by atomic mass is 32.2. The smallest absolute Gasteiger partial charge is 0.240 e. The van der Waals surface area contributed by atoms with Crippen LogP contribution in [-0.2, 0) is 16.4 Å². The molecule has 0 saturated heterocycles. The van der Waals surface area contributed by atoms with Gasteiger partial charge in [0.1, 0.15) is 11.3 Å². The number of carbonyl (C=O) groups excluding carboxylic acids is 1. The molecule has 1 aromatic carbocycles. The number of hydrogen-bond acceptors (Lipinski definition) is 7.